The molecule has 0 aromatic heterocycles. The molecule has 4 heteroatoms. The normalized spacial score (nSPS) is 9.65. The Morgan fingerprint density at radius 2 is 1.60 bits per heavy atom. The van der Waals surface area contributed by atoms with Gasteiger partial charge in [-0.3, -0.25) is 9.59 Å². The van der Waals surface area contributed by atoms with Gasteiger partial charge < -0.3 is 9.80 Å². The quantitative estimate of drug-likeness (QED) is 0.585. The van der Waals surface area contributed by atoms with Crippen molar-refractivity contribution in [1.29, 1.82) is 0 Å². The van der Waals surface area contributed by atoms with E-state index in [0.29, 0.717) is 19.6 Å². The number of benzene rings is 1. The van der Waals surface area contributed by atoms with E-state index in [1.165, 1.54) is 9.80 Å². The third kappa shape index (κ3) is 4.39. The van der Waals surface area contributed by atoms with Gasteiger partial charge in [0.15, 0.2) is 0 Å². The van der Waals surface area contributed by atoms with Crippen LogP contribution in [0.3, 0.4) is 0 Å². The number of rotatable bonds is 6. The number of nitrogens with zero attached hydrogens (tertiary/aromatic N) is 2. The summed E-state index contributed by atoms with van der Waals surface area (Å²) in [5.41, 5.74) is 0.982. The van der Waals surface area contributed by atoms with Crippen LogP contribution in [-0.2, 0) is 16.1 Å². The van der Waals surface area contributed by atoms with Crippen LogP contribution in [0.1, 0.15) is 5.56 Å². The molecule has 4 nitrogen and oxygen atoms in total. The Morgan fingerprint density at radius 3 is 2.10 bits per heavy atom. The molecule has 0 aliphatic carbocycles. The van der Waals surface area contributed by atoms with Gasteiger partial charge in [-0.25, -0.2) is 0 Å². The first-order valence-corrected chi connectivity index (χ1v) is 6.40. The monoisotopic (exact) mass is 272 g/mol. The van der Waals surface area contributed by atoms with E-state index in [2.05, 4.69) is 13.2 Å². The van der Waals surface area contributed by atoms with Crippen molar-refractivity contribution in [3.05, 3.63) is 61.2 Å². The number of carbonyl (C=O) groups is 2. The lowest BCUT2D eigenvalue weighted by molar-refractivity contribution is -0.150. The van der Waals surface area contributed by atoms with Crippen molar-refractivity contribution in [2.24, 2.45) is 0 Å². The molecular formula is C16H20N2O2. The zero-order chi connectivity index (χ0) is 15.0. The summed E-state index contributed by atoms with van der Waals surface area (Å²) in [6, 6.07) is 9.54. The fourth-order valence-electron chi connectivity index (χ4n) is 1.78. The minimum Gasteiger partial charge on any atom is -0.333 e. The maximum Gasteiger partial charge on any atom is 0.312 e. The van der Waals surface area contributed by atoms with Gasteiger partial charge in [-0.2, -0.15) is 0 Å². The second kappa shape index (κ2) is 7.94. The first kappa shape index (κ1) is 15.7. The second-order valence-electron chi connectivity index (χ2n) is 4.43. The highest BCUT2D eigenvalue weighted by Gasteiger charge is 2.23. The molecule has 2 amide bonds. The van der Waals surface area contributed by atoms with Crippen molar-refractivity contribution < 1.29 is 9.59 Å². The van der Waals surface area contributed by atoms with E-state index in [-0.39, 0.29) is 0 Å². The average molecular weight is 272 g/mol. The lowest BCUT2D eigenvalue weighted by Gasteiger charge is -2.22. The SMILES string of the molecule is C=CCN(CC=C)C(=O)C(=O)N(C)Cc1ccccc1. The van der Waals surface area contributed by atoms with Crippen molar-refractivity contribution in [1.82, 2.24) is 9.80 Å². The molecule has 0 atom stereocenters. The Hall–Kier alpha value is -2.36. The number of hydrogen-bond acceptors (Lipinski definition) is 2. The molecule has 106 valence electrons. The van der Waals surface area contributed by atoms with Gasteiger partial charge in [-0.1, -0.05) is 42.5 Å². The van der Waals surface area contributed by atoms with Crippen LogP contribution in [0.25, 0.3) is 0 Å². The van der Waals surface area contributed by atoms with Crippen LogP contribution in [-0.4, -0.2) is 41.8 Å². The molecule has 0 saturated heterocycles. The highest BCUT2D eigenvalue weighted by atomic mass is 16.2. The molecule has 0 aliphatic heterocycles. The lowest BCUT2D eigenvalue weighted by atomic mass is 10.2. The maximum absolute atomic E-state index is 12.1. The Balaban J connectivity index is 2.69. The van der Waals surface area contributed by atoms with Crippen LogP contribution >= 0.6 is 0 Å². The summed E-state index contributed by atoms with van der Waals surface area (Å²) in [6.45, 7) is 8.23. The minimum absolute atomic E-state index is 0.329. The van der Waals surface area contributed by atoms with Crippen molar-refractivity contribution in [3.8, 4) is 0 Å². The second-order valence-corrected chi connectivity index (χ2v) is 4.43. The van der Waals surface area contributed by atoms with Crippen LogP contribution in [0.2, 0.25) is 0 Å². The summed E-state index contributed by atoms with van der Waals surface area (Å²) in [7, 11) is 1.62. The molecule has 1 aromatic carbocycles. The van der Waals surface area contributed by atoms with E-state index < -0.39 is 11.8 Å². The highest BCUT2D eigenvalue weighted by molar-refractivity contribution is 6.34. The number of likely N-dealkylation sites (N-methyl/N-ethyl adjacent to an activating group) is 1. The fraction of sp³-hybridized carbons (Fsp3) is 0.250. The van der Waals surface area contributed by atoms with Gasteiger partial charge >= 0.3 is 11.8 Å². The van der Waals surface area contributed by atoms with Crippen molar-refractivity contribution in [2.45, 2.75) is 6.54 Å². The molecule has 0 saturated carbocycles. The molecule has 0 N–H and O–H groups in total. The molecule has 20 heavy (non-hydrogen) atoms. The topological polar surface area (TPSA) is 40.6 Å². The van der Waals surface area contributed by atoms with Gasteiger partial charge in [0, 0.05) is 26.7 Å². The molecular weight excluding hydrogens is 252 g/mol. The van der Waals surface area contributed by atoms with E-state index in [0.717, 1.165) is 5.56 Å². The van der Waals surface area contributed by atoms with Crippen LogP contribution in [0.15, 0.2) is 55.6 Å². The fourth-order valence-corrected chi connectivity index (χ4v) is 1.78. The number of carbonyl (C=O) groups excluding carboxylic acids is 2. The van der Waals surface area contributed by atoms with Crippen LogP contribution in [0.5, 0.6) is 0 Å². The molecule has 0 fully saturated rings. The molecule has 0 unspecified atom stereocenters. The van der Waals surface area contributed by atoms with Gasteiger partial charge in [-0.15, -0.1) is 13.2 Å². The number of amides is 2. The third-order valence-corrected chi connectivity index (χ3v) is 2.78. The molecule has 1 rings (SSSR count). The standard InChI is InChI=1S/C16H20N2O2/c1-4-11-18(12-5-2)16(20)15(19)17(3)13-14-9-7-6-8-10-14/h4-10H,1-2,11-13H2,3H3. The van der Waals surface area contributed by atoms with Crippen molar-refractivity contribution in [2.75, 3.05) is 20.1 Å². The summed E-state index contributed by atoms with van der Waals surface area (Å²) in [5.74, 6) is -1.07. The van der Waals surface area contributed by atoms with Crippen LogP contribution in [0.4, 0.5) is 0 Å². The Morgan fingerprint density at radius 1 is 1.05 bits per heavy atom. The van der Waals surface area contributed by atoms with E-state index in [1.807, 2.05) is 30.3 Å². The largest absolute Gasteiger partial charge is 0.333 e. The van der Waals surface area contributed by atoms with Crippen LogP contribution < -0.4 is 0 Å². The van der Waals surface area contributed by atoms with Gasteiger partial charge in [0.1, 0.15) is 0 Å². The van der Waals surface area contributed by atoms with Gasteiger partial charge in [-0.05, 0) is 5.56 Å². The van der Waals surface area contributed by atoms with E-state index in [9.17, 15) is 9.59 Å². The molecule has 1 aromatic rings. The van der Waals surface area contributed by atoms with E-state index >= 15 is 0 Å². The van der Waals surface area contributed by atoms with E-state index in [1.54, 1.807) is 19.2 Å². The Kier molecular flexibility index (Phi) is 6.23. The van der Waals surface area contributed by atoms with Gasteiger partial charge in [0.25, 0.3) is 0 Å². The molecule has 0 spiro atoms. The zero-order valence-electron chi connectivity index (χ0n) is 11.8. The predicted octanol–water partition coefficient (Wildman–Crippen LogP) is 1.85. The molecule has 0 radical (unpaired) electrons. The summed E-state index contributed by atoms with van der Waals surface area (Å²) in [6.07, 6.45) is 3.18. The lowest BCUT2D eigenvalue weighted by Crippen LogP contribution is -2.43. The van der Waals surface area contributed by atoms with Gasteiger partial charge in [0.05, 0.1) is 0 Å². The molecule has 0 aliphatic rings. The van der Waals surface area contributed by atoms with Crippen molar-refractivity contribution in [3.63, 3.8) is 0 Å². The average Bonchev–Trinajstić information content (AvgIpc) is 2.46. The summed E-state index contributed by atoms with van der Waals surface area (Å²) in [5, 5.41) is 0. The summed E-state index contributed by atoms with van der Waals surface area (Å²) >= 11 is 0. The zero-order valence-corrected chi connectivity index (χ0v) is 11.8. The minimum atomic E-state index is -0.539. The Labute approximate surface area is 120 Å². The van der Waals surface area contributed by atoms with E-state index in [4.69, 9.17) is 0 Å². The smallest absolute Gasteiger partial charge is 0.312 e. The molecule has 0 bridgehead atoms. The molecule has 0 heterocycles. The summed E-state index contributed by atoms with van der Waals surface area (Å²) < 4.78 is 0. The third-order valence-electron chi connectivity index (χ3n) is 2.78. The van der Waals surface area contributed by atoms with Gasteiger partial charge in [0.2, 0.25) is 0 Å². The number of hydrogen-bond donors (Lipinski definition) is 0. The highest BCUT2D eigenvalue weighted by Crippen LogP contribution is 2.04. The maximum atomic E-state index is 12.1. The van der Waals surface area contributed by atoms with Crippen molar-refractivity contribution >= 4 is 11.8 Å². The summed E-state index contributed by atoms with van der Waals surface area (Å²) in [4.78, 5) is 27.0. The van der Waals surface area contributed by atoms with Crippen LogP contribution in [0, 0.1) is 0 Å². The first-order chi connectivity index (χ1) is 9.60. The predicted molar refractivity (Wildman–Crippen MR) is 79.9 cm³/mol. The Bertz CT molecular complexity index is 473. The first-order valence-electron chi connectivity index (χ1n) is 6.40.